The molecule has 2 aromatic rings. The molecule has 0 aliphatic heterocycles. The van der Waals surface area contributed by atoms with Crippen LogP contribution in [-0.2, 0) is 31.4 Å². The topological polar surface area (TPSA) is 136 Å². The molecule has 0 radical (unpaired) electrons. The molecule has 2 rings (SSSR count). The minimum absolute atomic E-state index is 0.0935. The molecule has 0 spiro atoms. The number of anilines is 1. The molecule has 1 atom stereocenters. The normalized spacial score (nSPS) is 12.3. The van der Waals surface area contributed by atoms with Gasteiger partial charge >= 0.3 is 5.97 Å². The van der Waals surface area contributed by atoms with Crippen LogP contribution < -0.4 is 10.0 Å². The Labute approximate surface area is 174 Å². The molecule has 0 saturated heterocycles. The predicted molar refractivity (Wildman–Crippen MR) is 108 cm³/mol. The molecule has 0 bridgehead atoms. The SMILES string of the molecule is CC(=O)c1ccc(NC(=O)C(C)OC(=O)CCNS(=O)(=O)c2cn(C)c(C)n2)cc1. The summed E-state index contributed by atoms with van der Waals surface area (Å²) < 4.78 is 33.2. The largest absolute Gasteiger partial charge is 0.452 e. The molecule has 0 saturated carbocycles. The minimum Gasteiger partial charge on any atom is -0.452 e. The highest BCUT2D eigenvalue weighted by molar-refractivity contribution is 7.89. The fraction of sp³-hybridized carbons (Fsp3) is 0.368. The number of ketones is 1. The van der Waals surface area contributed by atoms with E-state index in [1.807, 2.05) is 0 Å². The van der Waals surface area contributed by atoms with Crippen LogP contribution in [0.5, 0.6) is 0 Å². The van der Waals surface area contributed by atoms with Crippen LogP contribution in [0.4, 0.5) is 5.69 Å². The highest BCUT2D eigenvalue weighted by Crippen LogP contribution is 2.11. The number of nitrogens with one attached hydrogen (secondary N) is 2. The van der Waals surface area contributed by atoms with E-state index in [1.165, 1.54) is 20.0 Å². The Balaban J connectivity index is 1.80. The zero-order valence-corrected chi connectivity index (χ0v) is 17.9. The van der Waals surface area contributed by atoms with Crippen LogP contribution in [0.15, 0.2) is 35.5 Å². The lowest BCUT2D eigenvalue weighted by molar-refractivity contribution is -0.152. The number of imidazole rings is 1. The fourth-order valence-electron chi connectivity index (χ4n) is 2.36. The second-order valence-electron chi connectivity index (χ2n) is 6.64. The lowest BCUT2D eigenvalue weighted by Crippen LogP contribution is -2.32. The first kappa shape index (κ1) is 23.2. The number of benzene rings is 1. The van der Waals surface area contributed by atoms with Crippen LogP contribution in [0.1, 0.15) is 36.5 Å². The van der Waals surface area contributed by atoms with Crippen LogP contribution in [0.2, 0.25) is 0 Å². The molecule has 1 aromatic heterocycles. The molecule has 10 nitrogen and oxygen atoms in total. The average molecular weight is 436 g/mol. The van der Waals surface area contributed by atoms with Crippen molar-refractivity contribution in [2.45, 2.75) is 38.3 Å². The third kappa shape index (κ3) is 6.22. The predicted octanol–water partition coefficient (Wildman–Crippen LogP) is 1.17. The summed E-state index contributed by atoms with van der Waals surface area (Å²) in [5, 5.41) is 2.43. The molecule has 30 heavy (non-hydrogen) atoms. The van der Waals surface area contributed by atoms with Crippen LogP contribution in [-0.4, -0.2) is 48.3 Å². The van der Waals surface area contributed by atoms with Crippen molar-refractivity contribution in [1.82, 2.24) is 14.3 Å². The van der Waals surface area contributed by atoms with Gasteiger partial charge in [0.1, 0.15) is 5.82 Å². The Bertz CT molecular complexity index is 1020. The van der Waals surface area contributed by atoms with Crippen molar-refractivity contribution in [3.8, 4) is 0 Å². The summed E-state index contributed by atoms with van der Waals surface area (Å²) in [6, 6.07) is 6.28. The third-order valence-electron chi connectivity index (χ3n) is 4.22. The number of ether oxygens (including phenoxy) is 1. The maximum atomic E-state index is 12.2. The maximum Gasteiger partial charge on any atom is 0.307 e. The Morgan fingerprint density at radius 3 is 2.37 bits per heavy atom. The molecule has 11 heteroatoms. The summed E-state index contributed by atoms with van der Waals surface area (Å²) in [7, 11) is -2.18. The van der Waals surface area contributed by atoms with Gasteiger partial charge in [0.2, 0.25) is 0 Å². The number of aryl methyl sites for hydroxylation is 2. The Kier molecular flexibility index (Phi) is 7.46. The van der Waals surface area contributed by atoms with Crippen molar-refractivity contribution in [3.63, 3.8) is 0 Å². The van der Waals surface area contributed by atoms with Gasteiger partial charge in [-0.15, -0.1) is 0 Å². The highest BCUT2D eigenvalue weighted by atomic mass is 32.2. The first-order valence-corrected chi connectivity index (χ1v) is 10.6. The first-order chi connectivity index (χ1) is 14.0. The first-order valence-electron chi connectivity index (χ1n) is 9.10. The van der Waals surface area contributed by atoms with Gasteiger partial charge in [-0.2, -0.15) is 0 Å². The molecule has 1 unspecified atom stereocenters. The van der Waals surface area contributed by atoms with Crippen molar-refractivity contribution in [2.24, 2.45) is 7.05 Å². The van der Waals surface area contributed by atoms with Gasteiger partial charge in [0, 0.05) is 31.0 Å². The molecule has 2 N–H and O–H groups in total. The molecular formula is C19H24N4O6S. The number of esters is 1. The van der Waals surface area contributed by atoms with E-state index in [0.29, 0.717) is 17.1 Å². The van der Waals surface area contributed by atoms with E-state index in [2.05, 4.69) is 15.0 Å². The summed E-state index contributed by atoms with van der Waals surface area (Å²) >= 11 is 0. The molecular weight excluding hydrogens is 412 g/mol. The van der Waals surface area contributed by atoms with Crippen molar-refractivity contribution >= 4 is 33.4 Å². The van der Waals surface area contributed by atoms with E-state index in [4.69, 9.17) is 4.74 Å². The number of carbonyl (C=O) groups excluding carboxylic acids is 3. The molecule has 1 heterocycles. The molecule has 162 valence electrons. The summed E-state index contributed by atoms with van der Waals surface area (Å²) in [5.74, 6) is -0.845. The van der Waals surface area contributed by atoms with Gasteiger partial charge < -0.3 is 14.6 Å². The Morgan fingerprint density at radius 1 is 1.20 bits per heavy atom. The van der Waals surface area contributed by atoms with E-state index >= 15 is 0 Å². The van der Waals surface area contributed by atoms with Gasteiger partial charge in [-0.05, 0) is 45.0 Å². The maximum absolute atomic E-state index is 12.2. The van der Waals surface area contributed by atoms with Crippen molar-refractivity contribution < 1.29 is 27.5 Å². The zero-order chi connectivity index (χ0) is 22.5. The number of Topliss-reactive ketones (excluding diaryl/α,β-unsaturated/α-hetero) is 1. The average Bonchev–Trinajstić information content (AvgIpc) is 3.01. The van der Waals surface area contributed by atoms with Crippen molar-refractivity contribution in [2.75, 3.05) is 11.9 Å². The van der Waals surface area contributed by atoms with Crippen LogP contribution in [0.3, 0.4) is 0 Å². The third-order valence-corrected chi connectivity index (χ3v) is 5.55. The van der Waals surface area contributed by atoms with E-state index in [9.17, 15) is 22.8 Å². The second kappa shape index (κ2) is 9.63. The summed E-state index contributed by atoms with van der Waals surface area (Å²) in [5.41, 5.74) is 0.960. The number of rotatable bonds is 9. The van der Waals surface area contributed by atoms with Gasteiger partial charge in [-0.3, -0.25) is 14.4 Å². The van der Waals surface area contributed by atoms with Gasteiger partial charge in [-0.1, -0.05) is 0 Å². The number of sulfonamides is 1. The highest BCUT2D eigenvalue weighted by Gasteiger charge is 2.21. The standard InChI is InChI=1S/C19H24N4O6S/c1-12(24)15-5-7-16(8-6-15)22-19(26)13(2)29-18(25)9-10-20-30(27,28)17-11-23(4)14(3)21-17/h5-8,11,13,20H,9-10H2,1-4H3,(H,22,26). The summed E-state index contributed by atoms with van der Waals surface area (Å²) in [6.45, 7) is 4.31. The molecule has 1 aromatic carbocycles. The van der Waals surface area contributed by atoms with Gasteiger partial charge in [0.05, 0.1) is 6.42 Å². The van der Waals surface area contributed by atoms with E-state index in [-0.39, 0.29) is 23.8 Å². The summed E-state index contributed by atoms with van der Waals surface area (Å²) in [4.78, 5) is 39.2. The van der Waals surface area contributed by atoms with E-state index in [1.54, 1.807) is 42.8 Å². The quantitative estimate of drug-likeness (QED) is 0.445. The van der Waals surface area contributed by atoms with Crippen LogP contribution in [0, 0.1) is 6.92 Å². The smallest absolute Gasteiger partial charge is 0.307 e. The van der Waals surface area contributed by atoms with Crippen molar-refractivity contribution in [3.05, 3.63) is 41.9 Å². The molecule has 1 amide bonds. The monoisotopic (exact) mass is 436 g/mol. The van der Waals surface area contributed by atoms with Gasteiger partial charge in [0.25, 0.3) is 15.9 Å². The number of aromatic nitrogens is 2. The number of amides is 1. The Morgan fingerprint density at radius 2 is 1.83 bits per heavy atom. The van der Waals surface area contributed by atoms with E-state index in [0.717, 1.165) is 0 Å². The molecule has 0 aliphatic carbocycles. The Hall–Kier alpha value is -3.05. The van der Waals surface area contributed by atoms with Crippen molar-refractivity contribution in [1.29, 1.82) is 0 Å². The number of hydrogen-bond acceptors (Lipinski definition) is 7. The zero-order valence-electron chi connectivity index (χ0n) is 17.1. The van der Waals surface area contributed by atoms with Gasteiger partial charge in [0.15, 0.2) is 16.9 Å². The second-order valence-corrected chi connectivity index (χ2v) is 8.35. The fourth-order valence-corrected chi connectivity index (χ4v) is 3.43. The van der Waals surface area contributed by atoms with Gasteiger partial charge in [-0.25, -0.2) is 18.1 Å². The van der Waals surface area contributed by atoms with Crippen LogP contribution in [0.25, 0.3) is 0 Å². The number of carbonyl (C=O) groups is 3. The molecule has 0 aliphatic rings. The lowest BCUT2D eigenvalue weighted by atomic mass is 10.1. The lowest BCUT2D eigenvalue weighted by Gasteiger charge is -2.14. The molecule has 0 fully saturated rings. The summed E-state index contributed by atoms with van der Waals surface area (Å²) in [6.07, 6.45) is 0.0291. The number of nitrogens with zero attached hydrogens (tertiary/aromatic N) is 2. The minimum atomic E-state index is -3.85. The van der Waals surface area contributed by atoms with Crippen LogP contribution >= 0.6 is 0 Å². The van der Waals surface area contributed by atoms with E-state index < -0.39 is 28.0 Å². The number of hydrogen-bond donors (Lipinski definition) is 2.